The quantitative estimate of drug-likeness (QED) is 0.173. The lowest BCUT2D eigenvalue weighted by Crippen LogP contribution is -2.32. The zero-order valence-corrected chi connectivity index (χ0v) is 20.8. The Morgan fingerprint density at radius 2 is 1.89 bits per heavy atom. The Morgan fingerprint density at radius 3 is 2.55 bits per heavy atom. The summed E-state index contributed by atoms with van der Waals surface area (Å²) >= 11 is 0. The number of aromatic amines is 1. The predicted octanol–water partition coefficient (Wildman–Crippen LogP) is 4.11. The zero-order chi connectivity index (χ0) is 27.2. The lowest BCUT2D eigenvalue weighted by atomic mass is 10.1. The fraction of sp³-hybridized carbons (Fsp3) is 0.222. The molecule has 3 aromatic carbocycles. The molecule has 9 nitrogen and oxygen atoms in total. The summed E-state index contributed by atoms with van der Waals surface area (Å²) in [4.78, 5) is 20.7. The monoisotopic (exact) mass is 523 g/mol. The summed E-state index contributed by atoms with van der Waals surface area (Å²) in [6.07, 6.45) is -1.53. The first kappa shape index (κ1) is 26.6. The van der Waals surface area contributed by atoms with E-state index in [0.29, 0.717) is 22.7 Å². The topological polar surface area (TPSA) is 135 Å². The van der Waals surface area contributed by atoms with E-state index < -0.39 is 29.2 Å². The molecule has 4 aromatic rings. The standard InChI is InChI=1S/C27H27F2N5O4/c1-3-37-25(24-18(28)11-17(36-2)12-19(24)29)27(35)32-13-16-9-8-15(26(30)31)10-22(16)38-14-23-33-20-6-4-5-7-21(20)34-23/h4-12,25H,3,13-14H2,1-2H3,(H3,30,31)(H,32,35)(H,33,34)/t25-/m0/s1. The Kier molecular flexibility index (Phi) is 8.17. The van der Waals surface area contributed by atoms with Gasteiger partial charge in [0.1, 0.15) is 41.4 Å². The molecular weight excluding hydrogens is 496 g/mol. The van der Waals surface area contributed by atoms with Crippen molar-refractivity contribution in [2.75, 3.05) is 13.7 Å². The van der Waals surface area contributed by atoms with Crippen LogP contribution >= 0.6 is 0 Å². The number of ether oxygens (including phenoxy) is 3. The number of carbonyl (C=O) groups excluding carboxylic acids is 1. The molecule has 0 spiro atoms. The molecule has 0 aliphatic rings. The summed E-state index contributed by atoms with van der Waals surface area (Å²) in [5.74, 6) is -1.90. The molecule has 1 heterocycles. The van der Waals surface area contributed by atoms with Gasteiger partial charge < -0.3 is 30.2 Å². The number of aromatic nitrogens is 2. The molecule has 0 aliphatic heterocycles. The van der Waals surface area contributed by atoms with Crippen LogP contribution in [0.4, 0.5) is 8.78 Å². The molecule has 198 valence electrons. The summed E-state index contributed by atoms with van der Waals surface area (Å²) in [7, 11) is 1.28. The van der Waals surface area contributed by atoms with Gasteiger partial charge in [0.05, 0.1) is 23.7 Å². The van der Waals surface area contributed by atoms with Crippen LogP contribution in [-0.4, -0.2) is 35.4 Å². The van der Waals surface area contributed by atoms with Crippen LogP contribution in [0.5, 0.6) is 11.5 Å². The molecule has 38 heavy (non-hydrogen) atoms. The number of halogens is 2. The minimum atomic E-state index is -1.53. The molecule has 1 aromatic heterocycles. The number of amides is 1. The summed E-state index contributed by atoms with van der Waals surface area (Å²) in [5.41, 5.74) is 7.74. The second-order valence-electron chi connectivity index (χ2n) is 8.28. The molecule has 5 N–H and O–H groups in total. The summed E-state index contributed by atoms with van der Waals surface area (Å²) in [6, 6.07) is 14.4. The second-order valence-corrected chi connectivity index (χ2v) is 8.28. The number of nitrogens with two attached hydrogens (primary N) is 1. The third-order valence-corrected chi connectivity index (χ3v) is 5.76. The van der Waals surface area contributed by atoms with E-state index in [1.54, 1.807) is 25.1 Å². The van der Waals surface area contributed by atoms with Crippen LogP contribution in [0.15, 0.2) is 54.6 Å². The van der Waals surface area contributed by atoms with Crippen LogP contribution in [-0.2, 0) is 22.7 Å². The first-order chi connectivity index (χ1) is 18.3. The molecule has 0 unspecified atom stereocenters. The minimum absolute atomic E-state index is 0.0174. The maximum Gasteiger partial charge on any atom is 0.254 e. The number of methoxy groups -OCH3 is 1. The number of rotatable bonds is 11. The molecule has 1 atom stereocenters. The van der Waals surface area contributed by atoms with E-state index in [0.717, 1.165) is 23.2 Å². The fourth-order valence-corrected chi connectivity index (χ4v) is 3.88. The molecule has 0 bridgehead atoms. The molecule has 0 radical (unpaired) electrons. The molecule has 11 heteroatoms. The summed E-state index contributed by atoms with van der Waals surface area (Å²) < 4.78 is 45.6. The first-order valence-electron chi connectivity index (χ1n) is 11.8. The highest BCUT2D eigenvalue weighted by Crippen LogP contribution is 2.29. The van der Waals surface area contributed by atoms with E-state index in [1.165, 1.54) is 7.11 Å². The molecule has 0 saturated carbocycles. The predicted molar refractivity (Wildman–Crippen MR) is 137 cm³/mol. The van der Waals surface area contributed by atoms with E-state index >= 15 is 0 Å². The largest absolute Gasteiger partial charge is 0.497 e. The number of fused-ring (bicyclic) bond motifs is 1. The Morgan fingerprint density at radius 1 is 1.16 bits per heavy atom. The number of nitrogen functional groups attached to an aromatic ring is 1. The molecule has 0 fully saturated rings. The molecule has 1 amide bonds. The van der Waals surface area contributed by atoms with Gasteiger partial charge in [-0.1, -0.05) is 24.3 Å². The van der Waals surface area contributed by atoms with Crippen LogP contribution in [0.25, 0.3) is 11.0 Å². The highest BCUT2D eigenvalue weighted by atomic mass is 19.1. The minimum Gasteiger partial charge on any atom is -0.497 e. The SMILES string of the molecule is CCO[C@H](C(=O)NCc1ccc(C(=N)N)cc1OCc1nc2ccccc2[nH]1)c1c(F)cc(OC)cc1F. The smallest absolute Gasteiger partial charge is 0.254 e. The Labute approximate surface area is 217 Å². The second kappa shape index (κ2) is 11.7. The molecule has 0 aliphatic carbocycles. The van der Waals surface area contributed by atoms with E-state index in [2.05, 4.69) is 15.3 Å². The first-order valence-corrected chi connectivity index (χ1v) is 11.8. The fourth-order valence-electron chi connectivity index (χ4n) is 3.88. The number of carbonyl (C=O) groups is 1. The average Bonchev–Trinajstić information content (AvgIpc) is 3.32. The van der Waals surface area contributed by atoms with Gasteiger partial charge in [-0.25, -0.2) is 13.8 Å². The Hall–Kier alpha value is -4.51. The van der Waals surface area contributed by atoms with Gasteiger partial charge in [-0.05, 0) is 25.1 Å². The van der Waals surface area contributed by atoms with Crippen LogP contribution in [0, 0.1) is 17.0 Å². The van der Waals surface area contributed by atoms with Crippen molar-refractivity contribution >= 4 is 22.8 Å². The van der Waals surface area contributed by atoms with Crippen molar-refractivity contribution < 1.29 is 27.8 Å². The van der Waals surface area contributed by atoms with Gasteiger partial charge in [0, 0.05) is 36.4 Å². The van der Waals surface area contributed by atoms with Gasteiger partial charge >= 0.3 is 0 Å². The van der Waals surface area contributed by atoms with Crippen molar-refractivity contribution in [2.45, 2.75) is 26.2 Å². The maximum absolute atomic E-state index is 14.7. The summed E-state index contributed by atoms with van der Waals surface area (Å²) in [6.45, 7) is 1.70. The van der Waals surface area contributed by atoms with E-state index in [4.69, 9.17) is 25.4 Å². The maximum atomic E-state index is 14.7. The van der Waals surface area contributed by atoms with Crippen molar-refractivity contribution in [1.29, 1.82) is 5.41 Å². The van der Waals surface area contributed by atoms with Gasteiger partial charge in [0.15, 0.2) is 6.10 Å². The number of hydrogen-bond donors (Lipinski definition) is 4. The average molecular weight is 524 g/mol. The lowest BCUT2D eigenvalue weighted by Gasteiger charge is -2.20. The third kappa shape index (κ3) is 5.89. The highest BCUT2D eigenvalue weighted by Gasteiger charge is 2.28. The van der Waals surface area contributed by atoms with Gasteiger partial charge in [0.2, 0.25) is 0 Å². The van der Waals surface area contributed by atoms with Crippen molar-refractivity contribution in [2.24, 2.45) is 5.73 Å². The zero-order valence-electron chi connectivity index (χ0n) is 20.8. The van der Waals surface area contributed by atoms with E-state index in [1.807, 2.05) is 24.3 Å². The Balaban J connectivity index is 1.54. The van der Waals surface area contributed by atoms with E-state index in [-0.39, 0.29) is 31.3 Å². The number of hydrogen-bond acceptors (Lipinski definition) is 6. The van der Waals surface area contributed by atoms with Crippen molar-refractivity contribution in [3.8, 4) is 11.5 Å². The lowest BCUT2D eigenvalue weighted by molar-refractivity contribution is -0.133. The van der Waals surface area contributed by atoms with Crippen molar-refractivity contribution in [3.05, 3.63) is 88.7 Å². The normalized spacial score (nSPS) is 11.8. The van der Waals surface area contributed by atoms with Crippen LogP contribution in [0.1, 0.15) is 35.5 Å². The molecule has 0 saturated heterocycles. The third-order valence-electron chi connectivity index (χ3n) is 5.76. The summed E-state index contributed by atoms with van der Waals surface area (Å²) in [5, 5.41) is 10.4. The van der Waals surface area contributed by atoms with Gasteiger partial charge in [-0.2, -0.15) is 0 Å². The number of H-pyrrole nitrogens is 1. The number of amidine groups is 1. The number of nitrogens with one attached hydrogen (secondary N) is 3. The van der Waals surface area contributed by atoms with Crippen molar-refractivity contribution in [1.82, 2.24) is 15.3 Å². The van der Waals surface area contributed by atoms with Gasteiger partial charge in [-0.3, -0.25) is 10.2 Å². The van der Waals surface area contributed by atoms with Crippen LogP contribution < -0.4 is 20.5 Å². The van der Waals surface area contributed by atoms with Crippen LogP contribution in [0.3, 0.4) is 0 Å². The van der Waals surface area contributed by atoms with Gasteiger partial charge in [-0.15, -0.1) is 0 Å². The van der Waals surface area contributed by atoms with Crippen molar-refractivity contribution in [3.63, 3.8) is 0 Å². The van der Waals surface area contributed by atoms with Gasteiger partial charge in [0.25, 0.3) is 5.91 Å². The van der Waals surface area contributed by atoms with E-state index in [9.17, 15) is 13.6 Å². The molecular formula is C27H27F2N5O4. The number of benzene rings is 3. The highest BCUT2D eigenvalue weighted by molar-refractivity contribution is 5.95. The number of imidazole rings is 1. The van der Waals surface area contributed by atoms with Crippen LogP contribution in [0.2, 0.25) is 0 Å². The number of para-hydroxylation sites is 2. The molecule has 4 rings (SSSR count). The number of nitrogens with zero attached hydrogens (tertiary/aromatic N) is 1. The Bertz CT molecular complexity index is 1420.